The van der Waals surface area contributed by atoms with Gasteiger partial charge in [0, 0.05) is 17.1 Å². The van der Waals surface area contributed by atoms with Gasteiger partial charge in [-0.05, 0) is 42.7 Å². The number of rotatable bonds is 6. The summed E-state index contributed by atoms with van der Waals surface area (Å²) in [5.41, 5.74) is 7.89. The molecular formula is C17H20ClNO. The van der Waals surface area contributed by atoms with Crippen LogP contribution in [0.1, 0.15) is 30.9 Å². The first-order valence-corrected chi connectivity index (χ1v) is 7.36. The van der Waals surface area contributed by atoms with Gasteiger partial charge in [0.05, 0.1) is 0 Å². The lowest BCUT2D eigenvalue weighted by molar-refractivity contribution is 0.476. The average Bonchev–Trinajstić information content (AvgIpc) is 2.47. The molecule has 0 unspecified atom stereocenters. The molecule has 2 aromatic carbocycles. The number of benzene rings is 2. The molecule has 3 heteroatoms. The molecular weight excluding hydrogens is 270 g/mol. The van der Waals surface area contributed by atoms with Crippen molar-refractivity contribution in [2.24, 2.45) is 5.73 Å². The molecule has 2 nitrogen and oxygen atoms in total. The zero-order valence-electron chi connectivity index (χ0n) is 11.7. The van der Waals surface area contributed by atoms with Crippen LogP contribution in [0.2, 0.25) is 5.02 Å². The second kappa shape index (κ2) is 7.32. The van der Waals surface area contributed by atoms with Crippen LogP contribution in [0.4, 0.5) is 0 Å². The summed E-state index contributed by atoms with van der Waals surface area (Å²) in [5.74, 6) is 1.53. The van der Waals surface area contributed by atoms with E-state index in [-0.39, 0.29) is 0 Å². The Bertz CT molecular complexity index is 551. The maximum Gasteiger partial charge on any atom is 0.133 e. The second-order valence-corrected chi connectivity index (χ2v) is 5.18. The van der Waals surface area contributed by atoms with Crippen LogP contribution in [-0.4, -0.2) is 0 Å². The van der Waals surface area contributed by atoms with E-state index in [0.717, 1.165) is 23.5 Å². The molecule has 0 aliphatic heterocycles. The topological polar surface area (TPSA) is 35.2 Å². The quantitative estimate of drug-likeness (QED) is 0.818. The Hall–Kier alpha value is -1.51. The van der Waals surface area contributed by atoms with Crippen LogP contribution in [0.15, 0.2) is 42.5 Å². The lowest BCUT2D eigenvalue weighted by Gasteiger charge is -2.11. The van der Waals surface area contributed by atoms with Gasteiger partial charge in [-0.25, -0.2) is 0 Å². The van der Waals surface area contributed by atoms with Crippen molar-refractivity contribution in [3.63, 3.8) is 0 Å². The minimum Gasteiger partial charge on any atom is -0.457 e. The van der Waals surface area contributed by atoms with E-state index in [1.165, 1.54) is 18.4 Å². The van der Waals surface area contributed by atoms with Crippen molar-refractivity contribution in [3.05, 3.63) is 58.6 Å². The molecule has 0 aromatic heterocycles. The van der Waals surface area contributed by atoms with Gasteiger partial charge in [0.15, 0.2) is 0 Å². The molecule has 2 rings (SSSR count). The molecule has 0 aliphatic rings. The molecule has 0 atom stereocenters. The lowest BCUT2D eigenvalue weighted by Crippen LogP contribution is -2.00. The Kier molecular flexibility index (Phi) is 5.45. The third-order valence-electron chi connectivity index (χ3n) is 3.25. The number of aryl methyl sites for hydroxylation is 1. The second-order valence-electron chi connectivity index (χ2n) is 4.77. The van der Waals surface area contributed by atoms with Gasteiger partial charge in [0.25, 0.3) is 0 Å². The first kappa shape index (κ1) is 14.9. The largest absolute Gasteiger partial charge is 0.457 e. The van der Waals surface area contributed by atoms with Crippen molar-refractivity contribution in [3.8, 4) is 11.5 Å². The number of nitrogens with two attached hydrogens (primary N) is 1. The highest BCUT2D eigenvalue weighted by molar-refractivity contribution is 6.31. The summed E-state index contributed by atoms with van der Waals surface area (Å²) in [7, 11) is 0. The van der Waals surface area contributed by atoms with E-state index < -0.39 is 0 Å². The minimum absolute atomic E-state index is 0.365. The third-order valence-corrected chi connectivity index (χ3v) is 3.60. The van der Waals surface area contributed by atoms with Gasteiger partial charge in [-0.2, -0.15) is 0 Å². The van der Waals surface area contributed by atoms with Crippen LogP contribution in [0.5, 0.6) is 11.5 Å². The normalized spacial score (nSPS) is 10.6. The summed E-state index contributed by atoms with van der Waals surface area (Å²) in [6.07, 6.45) is 3.54. The Morgan fingerprint density at radius 2 is 1.85 bits per heavy atom. The molecule has 0 spiro atoms. The molecule has 0 bridgehead atoms. The standard InChI is InChI=1S/C17H20ClNO/c1-2-3-5-13-8-10-14(11-9-13)20-17-7-4-6-16(18)15(17)12-19/h4,6-11H,2-3,5,12,19H2,1H3. The van der Waals surface area contributed by atoms with Gasteiger partial charge in [-0.1, -0.05) is 43.1 Å². The van der Waals surface area contributed by atoms with E-state index in [1.54, 1.807) is 0 Å². The highest BCUT2D eigenvalue weighted by atomic mass is 35.5. The molecule has 0 aliphatic carbocycles. The predicted octanol–water partition coefficient (Wildman–Crippen LogP) is 4.93. The van der Waals surface area contributed by atoms with Crippen molar-refractivity contribution in [2.75, 3.05) is 0 Å². The smallest absolute Gasteiger partial charge is 0.133 e. The van der Waals surface area contributed by atoms with E-state index in [0.29, 0.717) is 11.6 Å². The molecule has 0 fully saturated rings. The summed E-state index contributed by atoms with van der Waals surface area (Å²) in [4.78, 5) is 0. The molecule has 2 aromatic rings. The molecule has 0 saturated heterocycles. The maximum absolute atomic E-state index is 6.12. The van der Waals surface area contributed by atoms with Crippen LogP contribution in [0, 0.1) is 0 Å². The molecule has 0 saturated carbocycles. The van der Waals surface area contributed by atoms with Crippen molar-refractivity contribution in [1.82, 2.24) is 0 Å². The van der Waals surface area contributed by atoms with Crippen LogP contribution in [-0.2, 0) is 13.0 Å². The number of unbranched alkanes of at least 4 members (excludes halogenated alkanes) is 1. The average molecular weight is 290 g/mol. The van der Waals surface area contributed by atoms with Gasteiger partial charge in [-0.15, -0.1) is 0 Å². The molecule has 2 N–H and O–H groups in total. The minimum atomic E-state index is 0.365. The van der Waals surface area contributed by atoms with Crippen LogP contribution >= 0.6 is 11.6 Å². The van der Waals surface area contributed by atoms with E-state index >= 15 is 0 Å². The Labute approximate surface area is 125 Å². The summed E-state index contributed by atoms with van der Waals surface area (Å²) in [6, 6.07) is 13.8. The fourth-order valence-corrected chi connectivity index (χ4v) is 2.31. The first-order valence-electron chi connectivity index (χ1n) is 6.99. The maximum atomic E-state index is 6.12. The third kappa shape index (κ3) is 3.75. The summed E-state index contributed by atoms with van der Waals surface area (Å²) in [6.45, 7) is 2.56. The molecule has 0 radical (unpaired) electrons. The van der Waals surface area contributed by atoms with Gasteiger partial charge < -0.3 is 10.5 Å². The van der Waals surface area contributed by atoms with E-state index in [2.05, 4.69) is 19.1 Å². The highest BCUT2D eigenvalue weighted by Crippen LogP contribution is 2.30. The Morgan fingerprint density at radius 1 is 1.10 bits per heavy atom. The summed E-state index contributed by atoms with van der Waals surface area (Å²) in [5, 5.41) is 0.643. The van der Waals surface area contributed by atoms with E-state index in [9.17, 15) is 0 Å². The molecule has 0 amide bonds. The summed E-state index contributed by atoms with van der Waals surface area (Å²) < 4.78 is 5.88. The van der Waals surface area contributed by atoms with Gasteiger partial charge in [0.1, 0.15) is 11.5 Å². The van der Waals surface area contributed by atoms with Gasteiger partial charge in [-0.3, -0.25) is 0 Å². The zero-order chi connectivity index (χ0) is 14.4. The highest BCUT2D eigenvalue weighted by Gasteiger charge is 2.07. The number of hydrogen-bond donors (Lipinski definition) is 1. The molecule has 106 valence electrons. The Balaban J connectivity index is 2.12. The van der Waals surface area contributed by atoms with Crippen LogP contribution in [0.3, 0.4) is 0 Å². The van der Waals surface area contributed by atoms with Crippen LogP contribution < -0.4 is 10.5 Å². The van der Waals surface area contributed by atoms with Crippen molar-refractivity contribution >= 4 is 11.6 Å². The van der Waals surface area contributed by atoms with Crippen molar-refractivity contribution in [2.45, 2.75) is 32.7 Å². The number of ether oxygens (including phenoxy) is 1. The molecule has 20 heavy (non-hydrogen) atoms. The zero-order valence-corrected chi connectivity index (χ0v) is 12.5. The SMILES string of the molecule is CCCCc1ccc(Oc2cccc(Cl)c2CN)cc1. The lowest BCUT2D eigenvalue weighted by atomic mass is 10.1. The fraction of sp³-hybridized carbons (Fsp3) is 0.294. The first-order chi connectivity index (χ1) is 9.74. The van der Waals surface area contributed by atoms with Crippen molar-refractivity contribution in [1.29, 1.82) is 0 Å². The summed E-state index contributed by atoms with van der Waals surface area (Å²) >= 11 is 6.12. The van der Waals surface area contributed by atoms with Gasteiger partial charge >= 0.3 is 0 Å². The fourth-order valence-electron chi connectivity index (χ4n) is 2.06. The number of hydrogen-bond acceptors (Lipinski definition) is 2. The van der Waals surface area contributed by atoms with Crippen LogP contribution in [0.25, 0.3) is 0 Å². The Morgan fingerprint density at radius 3 is 2.50 bits per heavy atom. The molecule has 0 heterocycles. The monoisotopic (exact) mass is 289 g/mol. The van der Waals surface area contributed by atoms with E-state index in [4.69, 9.17) is 22.1 Å². The van der Waals surface area contributed by atoms with Gasteiger partial charge in [0.2, 0.25) is 0 Å². The van der Waals surface area contributed by atoms with Crippen molar-refractivity contribution < 1.29 is 4.74 Å². The predicted molar refractivity (Wildman–Crippen MR) is 84.5 cm³/mol. The van der Waals surface area contributed by atoms with E-state index in [1.807, 2.05) is 30.3 Å². The number of halogens is 1.